The zero-order valence-electron chi connectivity index (χ0n) is 17.9. The van der Waals surface area contributed by atoms with Crippen molar-refractivity contribution in [3.05, 3.63) is 93.3 Å². The maximum absolute atomic E-state index is 13.0. The molecule has 3 aromatic rings. The number of aryl methyl sites for hydroxylation is 1. The number of hydrogen-bond acceptors (Lipinski definition) is 8. The lowest BCUT2D eigenvalue weighted by Crippen LogP contribution is -2.18. The van der Waals surface area contributed by atoms with Crippen LogP contribution in [0.2, 0.25) is 0 Å². The van der Waals surface area contributed by atoms with E-state index in [1.54, 1.807) is 0 Å². The SMILES string of the molecule is COc1cc(/C=N/NS(=O)(=O)c2ccc(C)c([N+](=O)[O-])c2)ccc1OC(=O)c1ccc(F)cc1. The maximum atomic E-state index is 13.0. The van der Waals surface area contributed by atoms with E-state index < -0.39 is 26.7 Å². The molecule has 0 amide bonds. The quantitative estimate of drug-likeness (QED) is 0.169. The number of nitrogens with zero attached hydrogens (tertiary/aromatic N) is 2. The summed E-state index contributed by atoms with van der Waals surface area (Å²) in [6.07, 6.45) is 1.17. The van der Waals surface area contributed by atoms with Gasteiger partial charge in [-0.25, -0.2) is 14.0 Å². The van der Waals surface area contributed by atoms with E-state index in [9.17, 15) is 27.7 Å². The van der Waals surface area contributed by atoms with Crippen molar-refractivity contribution in [2.24, 2.45) is 5.10 Å². The Morgan fingerprint density at radius 2 is 1.79 bits per heavy atom. The van der Waals surface area contributed by atoms with Gasteiger partial charge in [-0.15, -0.1) is 0 Å². The number of nitro groups is 1. The van der Waals surface area contributed by atoms with Crippen LogP contribution in [0, 0.1) is 22.9 Å². The minimum absolute atomic E-state index is 0.0847. The number of carbonyl (C=O) groups is 1. The number of methoxy groups -OCH3 is 1. The van der Waals surface area contributed by atoms with Gasteiger partial charge in [0.15, 0.2) is 11.5 Å². The van der Waals surface area contributed by atoms with E-state index in [1.165, 1.54) is 62.7 Å². The third kappa shape index (κ3) is 5.72. The summed E-state index contributed by atoms with van der Waals surface area (Å²) in [7, 11) is -2.81. The van der Waals surface area contributed by atoms with Gasteiger partial charge in [-0.3, -0.25) is 10.1 Å². The smallest absolute Gasteiger partial charge is 0.343 e. The van der Waals surface area contributed by atoms with Crippen molar-refractivity contribution >= 4 is 27.9 Å². The van der Waals surface area contributed by atoms with Crippen molar-refractivity contribution in [2.45, 2.75) is 11.8 Å². The Morgan fingerprint density at radius 1 is 1.09 bits per heavy atom. The Hall–Kier alpha value is -4.32. The third-order valence-corrected chi connectivity index (χ3v) is 5.76. The molecule has 0 radical (unpaired) electrons. The molecule has 0 fully saturated rings. The average molecular weight is 487 g/mol. The Bertz CT molecular complexity index is 1370. The van der Waals surface area contributed by atoms with Crippen molar-refractivity contribution in [1.82, 2.24) is 4.83 Å². The summed E-state index contributed by atoms with van der Waals surface area (Å²) in [5.74, 6) is -0.966. The first-order valence-electron chi connectivity index (χ1n) is 9.56. The lowest BCUT2D eigenvalue weighted by Gasteiger charge is -2.10. The molecule has 0 heterocycles. The third-order valence-electron chi connectivity index (χ3n) is 4.54. The molecule has 1 N–H and O–H groups in total. The minimum Gasteiger partial charge on any atom is -0.493 e. The molecule has 0 spiro atoms. The highest BCUT2D eigenvalue weighted by atomic mass is 32.2. The molecule has 0 bridgehead atoms. The summed E-state index contributed by atoms with van der Waals surface area (Å²) in [5, 5.41) is 14.7. The number of halogens is 1. The topological polar surface area (TPSA) is 137 Å². The van der Waals surface area contributed by atoms with E-state index in [-0.39, 0.29) is 27.6 Å². The predicted molar refractivity (Wildman–Crippen MR) is 120 cm³/mol. The molecule has 0 aromatic heterocycles. The van der Waals surface area contributed by atoms with Crippen LogP contribution in [-0.2, 0) is 10.0 Å². The van der Waals surface area contributed by atoms with Crippen molar-refractivity contribution < 1.29 is 32.0 Å². The van der Waals surface area contributed by atoms with Gasteiger partial charge in [0.05, 0.1) is 28.7 Å². The minimum atomic E-state index is -4.16. The zero-order valence-corrected chi connectivity index (χ0v) is 18.7. The van der Waals surface area contributed by atoms with Crippen LogP contribution in [-0.4, -0.2) is 32.6 Å². The van der Waals surface area contributed by atoms with Crippen LogP contribution in [0.3, 0.4) is 0 Å². The normalized spacial score (nSPS) is 11.3. The average Bonchev–Trinajstić information content (AvgIpc) is 2.80. The molecule has 0 saturated carbocycles. The van der Waals surface area contributed by atoms with Crippen LogP contribution in [0.15, 0.2) is 70.7 Å². The molecular weight excluding hydrogens is 469 g/mol. The molecule has 0 aliphatic heterocycles. The van der Waals surface area contributed by atoms with Crippen molar-refractivity contribution in [2.75, 3.05) is 7.11 Å². The van der Waals surface area contributed by atoms with E-state index in [1.807, 2.05) is 4.83 Å². The Morgan fingerprint density at radius 3 is 2.44 bits per heavy atom. The summed E-state index contributed by atoms with van der Waals surface area (Å²) in [6, 6.07) is 12.7. The lowest BCUT2D eigenvalue weighted by molar-refractivity contribution is -0.385. The van der Waals surface area contributed by atoms with Gasteiger partial charge in [-0.05, 0) is 61.0 Å². The molecule has 3 aromatic carbocycles. The molecule has 0 saturated heterocycles. The predicted octanol–water partition coefficient (Wildman–Crippen LogP) is 3.58. The Kier molecular flexibility index (Phi) is 7.21. The van der Waals surface area contributed by atoms with E-state index in [0.717, 1.165) is 18.2 Å². The fraction of sp³-hybridized carbons (Fsp3) is 0.0909. The fourth-order valence-electron chi connectivity index (χ4n) is 2.77. The van der Waals surface area contributed by atoms with Gasteiger partial charge in [-0.1, -0.05) is 6.07 Å². The molecule has 34 heavy (non-hydrogen) atoms. The highest BCUT2D eigenvalue weighted by molar-refractivity contribution is 7.89. The number of sulfonamides is 1. The molecule has 10 nitrogen and oxygen atoms in total. The number of esters is 1. The Balaban J connectivity index is 1.74. The summed E-state index contributed by atoms with van der Waals surface area (Å²) in [6.45, 7) is 1.49. The standard InChI is InChI=1S/C22H18FN3O7S/c1-14-3-9-18(12-19(14)26(28)29)34(30,31)25-24-13-15-4-10-20(21(11-15)32-2)33-22(27)16-5-7-17(23)8-6-16/h3-13,25H,1-2H3/b24-13+. The second kappa shape index (κ2) is 10.1. The summed E-state index contributed by atoms with van der Waals surface area (Å²) >= 11 is 0. The van der Waals surface area contributed by atoms with Gasteiger partial charge >= 0.3 is 5.97 Å². The number of benzene rings is 3. The monoisotopic (exact) mass is 487 g/mol. The molecule has 0 atom stereocenters. The van der Waals surface area contributed by atoms with Crippen molar-refractivity contribution in [1.29, 1.82) is 0 Å². The van der Waals surface area contributed by atoms with Gasteiger partial charge in [-0.2, -0.15) is 13.5 Å². The molecular formula is C22H18FN3O7S. The number of hydrogen-bond donors (Lipinski definition) is 1. The Labute approximate surface area is 193 Å². The second-order valence-corrected chi connectivity index (χ2v) is 8.53. The number of nitro benzene ring substituents is 1. The fourth-order valence-corrected chi connectivity index (χ4v) is 3.58. The number of carbonyl (C=O) groups excluding carboxylic acids is 1. The van der Waals surface area contributed by atoms with Gasteiger partial charge in [0.2, 0.25) is 0 Å². The van der Waals surface area contributed by atoms with E-state index in [0.29, 0.717) is 11.1 Å². The van der Waals surface area contributed by atoms with Crippen LogP contribution in [0.25, 0.3) is 0 Å². The van der Waals surface area contributed by atoms with Gasteiger partial charge in [0.25, 0.3) is 15.7 Å². The first kappa shape index (κ1) is 24.3. The molecule has 0 unspecified atom stereocenters. The number of rotatable bonds is 8. The largest absolute Gasteiger partial charge is 0.493 e. The van der Waals surface area contributed by atoms with Crippen LogP contribution < -0.4 is 14.3 Å². The molecule has 12 heteroatoms. The van der Waals surface area contributed by atoms with Gasteiger partial charge in [0.1, 0.15) is 5.82 Å². The second-order valence-electron chi connectivity index (χ2n) is 6.87. The van der Waals surface area contributed by atoms with E-state index >= 15 is 0 Å². The molecule has 3 rings (SSSR count). The first-order valence-corrected chi connectivity index (χ1v) is 11.0. The number of nitrogens with one attached hydrogen (secondary N) is 1. The lowest BCUT2D eigenvalue weighted by atomic mass is 10.2. The first-order chi connectivity index (χ1) is 16.1. The van der Waals surface area contributed by atoms with Crippen LogP contribution >= 0.6 is 0 Å². The van der Waals surface area contributed by atoms with E-state index in [4.69, 9.17) is 9.47 Å². The van der Waals surface area contributed by atoms with Gasteiger partial charge in [0, 0.05) is 11.6 Å². The van der Waals surface area contributed by atoms with Crippen LogP contribution in [0.1, 0.15) is 21.5 Å². The molecule has 0 aliphatic carbocycles. The highest BCUT2D eigenvalue weighted by Crippen LogP contribution is 2.28. The van der Waals surface area contributed by atoms with Crippen LogP contribution in [0.5, 0.6) is 11.5 Å². The molecule has 176 valence electrons. The summed E-state index contributed by atoms with van der Waals surface area (Å²) < 4.78 is 48.3. The van der Waals surface area contributed by atoms with Crippen molar-refractivity contribution in [3.8, 4) is 11.5 Å². The highest BCUT2D eigenvalue weighted by Gasteiger charge is 2.19. The summed E-state index contributed by atoms with van der Waals surface area (Å²) in [5.41, 5.74) is 0.526. The number of hydrazone groups is 1. The van der Waals surface area contributed by atoms with Crippen molar-refractivity contribution in [3.63, 3.8) is 0 Å². The van der Waals surface area contributed by atoms with E-state index in [2.05, 4.69) is 5.10 Å². The summed E-state index contributed by atoms with van der Waals surface area (Å²) in [4.78, 5) is 24.3. The maximum Gasteiger partial charge on any atom is 0.343 e. The molecule has 0 aliphatic rings. The number of ether oxygens (including phenoxy) is 2. The van der Waals surface area contributed by atoms with Crippen LogP contribution in [0.4, 0.5) is 10.1 Å². The zero-order chi connectivity index (χ0) is 24.9. The van der Waals surface area contributed by atoms with Gasteiger partial charge < -0.3 is 9.47 Å².